The first-order valence-corrected chi connectivity index (χ1v) is 13.5. The Balaban J connectivity index is 0.00000181. The Kier molecular flexibility index (Phi) is 8.80. The molecule has 1 saturated carbocycles. The van der Waals surface area contributed by atoms with Crippen LogP contribution in [-0.4, -0.2) is 15.0 Å². The third-order valence-corrected chi connectivity index (χ3v) is 6.74. The molecule has 40 heavy (non-hydrogen) atoms. The zero-order chi connectivity index (χ0) is 28.8. The fraction of sp³-hybridized carbons (Fsp3) is 0.176. The predicted molar refractivity (Wildman–Crippen MR) is 167 cm³/mol. The number of aromatic amines is 1. The number of benzene rings is 2. The number of aromatic nitrogens is 3. The monoisotopic (exact) mass is 533 g/mol. The Labute approximate surface area is 235 Å². The second-order valence-electron chi connectivity index (χ2n) is 9.43. The van der Waals surface area contributed by atoms with Gasteiger partial charge in [-0.05, 0) is 78.8 Å². The topological polar surface area (TPSA) is 79.6 Å². The summed E-state index contributed by atoms with van der Waals surface area (Å²) < 4.78 is 13.9. The van der Waals surface area contributed by atoms with Crippen LogP contribution in [0.4, 0.5) is 10.1 Å². The van der Waals surface area contributed by atoms with E-state index in [2.05, 4.69) is 41.1 Å². The molecule has 0 radical (unpaired) electrons. The Morgan fingerprint density at radius 1 is 1.12 bits per heavy atom. The van der Waals surface area contributed by atoms with Crippen molar-refractivity contribution < 1.29 is 4.39 Å². The van der Waals surface area contributed by atoms with Crippen molar-refractivity contribution in [1.29, 1.82) is 0 Å². The average molecular weight is 534 g/mol. The number of nitrogens with zero attached hydrogens (tertiary/aromatic N) is 2. The number of pyridine rings is 1. The number of hydrogen-bond donors (Lipinski definition) is 3. The summed E-state index contributed by atoms with van der Waals surface area (Å²) in [6, 6.07) is 12.3. The number of halogens is 1. The summed E-state index contributed by atoms with van der Waals surface area (Å²) in [5.41, 5.74) is 15.2. The lowest BCUT2D eigenvalue weighted by atomic mass is 9.97. The van der Waals surface area contributed by atoms with Gasteiger partial charge in [-0.3, -0.25) is 4.98 Å². The second-order valence-corrected chi connectivity index (χ2v) is 9.43. The van der Waals surface area contributed by atoms with Gasteiger partial charge >= 0.3 is 0 Å². The highest BCUT2D eigenvalue weighted by atomic mass is 19.1. The first-order valence-electron chi connectivity index (χ1n) is 13.5. The molecule has 4 aromatic rings. The van der Waals surface area contributed by atoms with Crippen molar-refractivity contribution >= 4 is 27.9 Å². The zero-order valence-corrected chi connectivity index (χ0v) is 23.4. The average Bonchev–Trinajstić information content (AvgIpc) is 3.74. The molecule has 0 aliphatic heterocycles. The number of anilines is 1. The third kappa shape index (κ3) is 6.12. The Morgan fingerprint density at radius 2 is 1.90 bits per heavy atom. The summed E-state index contributed by atoms with van der Waals surface area (Å²) in [5, 5.41) is 3.40. The molecule has 2 aromatic carbocycles. The number of allylic oxidation sites excluding steroid dienone is 5. The highest BCUT2D eigenvalue weighted by Gasteiger charge is 2.24. The van der Waals surface area contributed by atoms with Crippen LogP contribution in [0.3, 0.4) is 0 Å². The Hall–Kier alpha value is -4.71. The van der Waals surface area contributed by atoms with Gasteiger partial charge in [0.05, 0.1) is 17.2 Å². The summed E-state index contributed by atoms with van der Waals surface area (Å²) in [7, 11) is 0. The SMILES string of the molecule is C=C/C(=C\C(=C/C)c1ccc(N)c(C(=C)c2nc3c(-c4cccc(F)c4)cncc3[nH]2)c1)NC(=C)C1CC1.CC. The minimum Gasteiger partial charge on any atom is -0.398 e. The van der Waals surface area contributed by atoms with Gasteiger partial charge in [-0.15, -0.1) is 0 Å². The number of rotatable bonds is 9. The molecule has 4 N–H and O–H groups in total. The molecule has 0 bridgehead atoms. The van der Waals surface area contributed by atoms with E-state index < -0.39 is 0 Å². The largest absolute Gasteiger partial charge is 0.398 e. The fourth-order valence-electron chi connectivity index (χ4n) is 4.43. The molecular formula is C34H36FN5. The van der Waals surface area contributed by atoms with E-state index in [4.69, 9.17) is 10.7 Å². The number of nitrogens with one attached hydrogen (secondary N) is 2. The Morgan fingerprint density at radius 3 is 2.58 bits per heavy atom. The van der Waals surface area contributed by atoms with Crippen LogP contribution < -0.4 is 11.1 Å². The van der Waals surface area contributed by atoms with Gasteiger partial charge in [0.1, 0.15) is 11.6 Å². The van der Waals surface area contributed by atoms with Crippen molar-refractivity contribution in [3.63, 3.8) is 0 Å². The van der Waals surface area contributed by atoms with Crippen LogP contribution >= 0.6 is 0 Å². The van der Waals surface area contributed by atoms with Gasteiger partial charge < -0.3 is 16.0 Å². The summed E-state index contributed by atoms with van der Waals surface area (Å²) >= 11 is 0. The van der Waals surface area contributed by atoms with Crippen LogP contribution in [0.25, 0.3) is 33.3 Å². The number of hydrogen-bond acceptors (Lipinski definition) is 4. The summed E-state index contributed by atoms with van der Waals surface area (Å²) in [4.78, 5) is 12.4. The van der Waals surface area contributed by atoms with Crippen molar-refractivity contribution in [2.75, 3.05) is 5.73 Å². The number of H-pyrrole nitrogens is 1. The van der Waals surface area contributed by atoms with E-state index in [0.29, 0.717) is 34.1 Å². The first kappa shape index (κ1) is 28.3. The predicted octanol–water partition coefficient (Wildman–Crippen LogP) is 8.42. The highest BCUT2D eigenvalue weighted by Crippen LogP contribution is 2.35. The third-order valence-electron chi connectivity index (χ3n) is 6.74. The van der Waals surface area contributed by atoms with E-state index in [0.717, 1.165) is 39.2 Å². The molecule has 0 unspecified atom stereocenters. The molecule has 5 rings (SSSR count). The van der Waals surface area contributed by atoms with Crippen molar-refractivity contribution in [1.82, 2.24) is 20.3 Å². The van der Waals surface area contributed by atoms with Crippen LogP contribution in [0.15, 0.2) is 104 Å². The van der Waals surface area contributed by atoms with Crippen molar-refractivity contribution in [3.8, 4) is 11.1 Å². The first-order chi connectivity index (χ1) is 19.4. The minimum atomic E-state index is -0.315. The van der Waals surface area contributed by atoms with E-state index in [1.807, 2.05) is 51.1 Å². The van der Waals surface area contributed by atoms with Gasteiger partial charge in [0.15, 0.2) is 0 Å². The Bertz CT molecular complexity index is 1640. The fourth-order valence-corrected chi connectivity index (χ4v) is 4.43. The van der Waals surface area contributed by atoms with Gasteiger partial charge in [0, 0.05) is 40.0 Å². The maximum atomic E-state index is 13.9. The molecule has 0 amide bonds. The molecular weight excluding hydrogens is 497 g/mol. The van der Waals surface area contributed by atoms with Crippen LogP contribution in [0, 0.1) is 11.7 Å². The van der Waals surface area contributed by atoms with Crippen molar-refractivity contribution in [3.05, 3.63) is 127 Å². The van der Waals surface area contributed by atoms with E-state index in [1.54, 1.807) is 24.5 Å². The molecule has 1 aliphatic carbocycles. The molecule has 6 heteroatoms. The van der Waals surface area contributed by atoms with Crippen LogP contribution in [0.2, 0.25) is 0 Å². The molecule has 204 valence electrons. The summed E-state index contributed by atoms with van der Waals surface area (Å²) in [6.45, 7) is 18.4. The van der Waals surface area contributed by atoms with Crippen LogP contribution in [0.1, 0.15) is 50.6 Å². The molecule has 2 heterocycles. The molecule has 0 saturated heterocycles. The van der Waals surface area contributed by atoms with Crippen molar-refractivity contribution in [2.24, 2.45) is 5.92 Å². The van der Waals surface area contributed by atoms with Gasteiger partial charge in [-0.2, -0.15) is 0 Å². The number of fused-ring (bicyclic) bond motifs is 1. The molecule has 1 fully saturated rings. The lowest BCUT2D eigenvalue weighted by Crippen LogP contribution is -2.11. The van der Waals surface area contributed by atoms with E-state index in [-0.39, 0.29) is 5.82 Å². The number of nitrogens with two attached hydrogens (primary N) is 1. The molecule has 5 nitrogen and oxygen atoms in total. The maximum Gasteiger partial charge on any atom is 0.138 e. The lowest BCUT2D eigenvalue weighted by Gasteiger charge is -2.13. The zero-order valence-electron chi connectivity index (χ0n) is 23.4. The smallest absolute Gasteiger partial charge is 0.138 e. The minimum absolute atomic E-state index is 0.315. The quantitative estimate of drug-likeness (QED) is 0.149. The molecule has 0 spiro atoms. The van der Waals surface area contributed by atoms with Gasteiger partial charge in [-0.25, -0.2) is 9.37 Å². The molecule has 2 aromatic heterocycles. The second kappa shape index (κ2) is 12.4. The standard InChI is InChI=1S/C32H30FN5.C2H6/c1-5-21(15-26(6-2)36-20(4)22-10-11-22)23-12-13-29(34)27(16-23)19(3)32-37-30-18-35-17-28(31(30)38-32)24-8-7-9-25(33)14-24;1-2/h5-9,12-18,22,36H,2-4,10-11,34H2,1H3,(H,37,38);1-2H3/b21-5+,26-15+;. The summed E-state index contributed by atoms with van der Waals surface area (Å²) in [5.74, 6) is 0.797. The van der Waals surface area contributed by atoms with E-state index in [1.165, 1.54) is 25.0 Å². The normalized spacial score (nSPS) is 13.4. The van der Waals surface area contributed by atoms with E-state index >= 15 is 0 Å². The van der Waals surface area contributed by atoms with Gasteiger partial charge in [0.25, 0.3) is 0 Å². The summed E-state index contributed by atoms with van der Waals surface area (Å²) in [6.07, 6.45) is 11.6. The number of nitrogen functional groups attached to an aromatic ring is 1. The maximum absolute atomic E-state index is 13.9. The van der Waals surface area contributed by atoms with Gasteiger partial charge in [-0.1, -0.05) is 57.9 Å². The highest BCUT2D eigenvalue weighted by molar-refractivity contribution is 5.94. The van der Waals surface area contributed by atoms with Crippen molar-refractivity contribution in [2.45, 2.75) is 33.6 Å². The van der Waals surface area contributed by atoms with Crippen LogP contribution in [0.5, 0.6) is 0 Å². The number of imidazole rings is 1. The molecule has 0 atom stereocenters. The molecule has 1 aliphatic rings. The lowest BCUT2D eigenvalue weighted by molar-refractivity contribution is 0.628. The van der Waals surface area contributed by atoms with Gasteiger partial charge in [0.2, 0.25) is 0 Å². The van der Waals surface area contributed by atoms with E-state index in [9.17, 15) is 4.39 Å². The van der Waals surface area contributed by atoms with Crippen LogP contribution in [-0.2, 0) is 0 Å².